The van der Waals surface area contributed by atoms with Crippen molar-refractivity contribution in [2.45, 2.75) is 13.0 Å². The van der Waals surface area contributed by atoms with E-state index in [4.69, 9.17) is 0 Å². The molecule has 0 fully saturated rings. The Hall–Kier alpha value is -1.42. The predicted molar refractivity (Wildman–Crippen MR) is 43.3 cm³/mol. The summed E-state index contributed by atoms with van der Waals surface area (Å²) >= 11 is 0. The van der Waals surface area contributed by atoms with E-state index in [1.807, 2.05) is 0 Å². The highest BCUT2D eigenvalue weighted by Crippen LogP contribution is 2.18. The first-order valence-corrected chi connectivity index (χ1v) is 3.73. The summed E-state index contributed by atoms with van der Waals surface area (Å²) in [5, 5.41) is 9.26. The predicted octanol–water partition coefficient (Wildman–Crippen LogP) is 1.46. The van der Waals surface area contributed by atoms with Gasteiger partial charge in [-0.2, -0.15) is 0 Å². The molecule has 0 amide bonds. The number of hydrogen-bond donors (Lipinski definition) is 1. The normalized spacial score (nSPS) is 12.2. The summed E-state index contributed by atoms with van der Waals surface area (Å²) < 4.78 is 11.4. The molecule has 0 saturated heterocycles. The summed E-state index contributed by atoms with van der Waals surface area (Å²) in [5.41, 5.74) is 1.06. The summed E-state index contributed by atoms with van der Waals surface area (Å²) in [6.07, 6.45) is -1.55. The van der Waals surface area contributed by atoms with Crippen molar-refractivity contribution in [1.82, 2.24) is 0 Å². The molecule has 0 saturated carbocycles. The number of aryl methyl sites for hydroxylation is 1. The lowest BCUT2D eigenvalue weighted by molar-refractivity contribution is -0.194. The lowest BCUT2D eigenvalue weighted by Gasteiger charge is -2.08. The minimum atomic E-state index is -1.55. The van der Waals surface area contributed by atoms with Gasteiger partial charge in [-0.05, 0) is 18.1 Å². The van der Waals surface area contributed by atoms with Crippen LogP contribution in [0.5, 0.6) is 0 Å². The third kappa shape index (κ3) is 2.03. The molecule has 4 heteroatoms. The van der Waals surface area contributed by atoms with E-state index in [0.717, 1.165) is 0 Å². The van der Waals surface area contributed by atoms with Crippen LogP contribution in [-0.2, 0) is 9.74 Å². The summed E-state index contributed by atoms with van der Waals surface area (Å²) in [4.78, 5) is 13.5. The van der Waals surface area contributed by atoms with Gasteiger partial charge in [-0.25, -0.2) is 4.79 Å². The van der Waals surface area contributed by atoms with E-state index >= 15 is 0 Å². The van der Waals surface area contributed by atoms with E-state index in [2.05, 4.69) is 4.94 Å². The second kappa shape index (κ2) is 4.00. The van der Waals surface area contributed by atoms with Gasteiger partial charge in [0.15, 0.2) is 6.10 Å². The number of hydrogen-bond acceptors (Lipinski definition) is 3. The van der Waals surface area contributed by atoms with Crippen LogP contribution in [0.25, 0.3) is 0 Å². The Bertz CT molecular complexity index is 311. The monoisotopic (exact) mass is 184 g/mol. The van der Waals surface area contributed by atoms with Crippen LogP contribution in [0.3, 0.4) is 0 Å². The molecule has 1 aromatic rings. The lowest BCUT2D eigenvalue weighted by Crippen LogP contribution is -2.12. The summed E-state index contributed by atoms with van der Waals surface area (Å²) in [6, 6.07) is 6.66. The molecular formula is C9H9FO3. The number of carbonyl (C=O) groups is 1. The van der Waals surface area contributed by atoms with Gasteiger partial charge in [-0.15, -0.1) is 0 Å². The Kier molecular flexibility index (Phi) is 2.97. The zero-order chi connectivity index (χ0) is 9.84. The molecule has 0 aromatic heterocycles. The van der Waals surface area contributed by atoms with Crippen LogP contribution in [-0.4, -0.2) is 11.1 Å². The maximum atomic E-state index is 11.4. The Balaban J connectivity index is 2.95. The molecule has 1 N–H and O–H groups in total. The van der Waals surface area contributed by atoms with Crippen molar-refractivity contribution in [1.29, 1.82) is 0 Å². The molecule has 13 heavy (non-hydrogen) atoms. The molecule has 70 valence electrons. The maximum absolute atomic E-state index is 11.4. The molecule has 1 atom stereocenters. The summed E-state index contributed by atoms with van der Waals surface area (Å²) in [5.74, 6) is -1.30. The average Bonchev–Trinajstić information content (AvgIpc) is 2.16. The fourth-order valence-corrected chi connectivity index (χ4v) is 1.06. The van der Waals surface area contributed by atoms with Crippen molar-refractivity contribution in [2.24, 2.45) is 0 Å². The molecule has 0 bridgehead atoms. The Labute approximate surface area is 74.7 Å². The minimum Gasteiger partial charge on any atom is -0.377 e. The zero-order valence-electron chi connectivity index (χ0n) is 7.03. The van der Waals surface area contributed by atoms with Crippen LogP contribution in [0.4, 0.5) is 4.53 Å². The fourth-order valence-electron chi connectivity index (χ4n) is 1.06. The van der Waals surface area contributed by atoms with Gasteiger partial charge < -0.3 is 5.11 Å². The Morgan fingerprint density at radius 2 is 2.15 bits per heavy atom. The SMILES string of the molecule is Cc1ccccc1C(O)C(=O)OF. The van der Waals surface area contributed by atoms with Crippen LogP contribution >= 0.6 is 0 Å². The summed E-state index contributed by atoms with van der Waals surface area (Å²) in [7, 11) is 0. The van der Waals surface area contributed by atoms with E-state index in [9.17, 15) is 14.4 Å². The van der Waals surface area contributed by atoms with Crippen molar-refractivity contribution in [2.75, 3.05) is 0 Å². The van der Waals surface area contributed by atoms with Crippen molar-refractivity contribution in [3.05, 3.63) is 35.4 Å². The largest absolute Gasteiger partial charge is 0.381 e. The number of rotatable bonds is 2. The first-order chi connectivity index (χ1) is 6.16. The van der Waals surface area contributed by atoms with E-state index in [1.54, 1.807) is 25.1 Å². The number of aliphatic hydroxyl groups excluding tert-OH is 1. The van der Waals surface area contributed by atoms with E-state index < -0.39 is 12.1 Å². The number of benzene rings is 1. The van der Waals surface area contributed by atoms with E-state index in [0.29, 0.717) is 11.1 Å². The van der Waals surface area contributed by atoms with Crippen LogP contribution in [0.2, 0.25) is 0 Å². The average molecular weight is 184 g/mol. The van der Waals surface area contributed by atoms with E-state index in [-0.39, 0.29) is 0 Å². The van der Waals surface area contributed by atoms with Gasteiger partial charge in [0.25, 0.3) is 0 Å². The van der Waals surface area contributed by atoms with Gasteiger partial charge in [-0.3, -0.25) is 4.94 Å². The van der Waals surface area contributed by atoms with Gasteiger partial charge in [-0.1, -0.05) is 24.3 Å². The molecule has 0 heterocycles. The molecule has 1 rings (SSSR count). The third-order valence-corrected chi connectivity index (χ3v) is 1.78. The first kappa shape index (κ1) is 9.67. The smallest absolute Gasteiger partial charge is 0.377 e. The Morgan fingerprint density at radius 3 is 2.69 bits per heavy atom. The van der Waals surface area contributed by atoms with Crippen molar-refractivity contribution in [3.63, 3.8) is 0 Å². The standard InChI is InChI=1S/C9H9FO3/c1-6-4-2-3-5-7(6)8(11)9(12)13-10/h2-5,8,11H,1H3. The van der Waals surface area contributed by atoms with Gasteiger partial charge in [0.2, 0.25) is 0 Å². The fraction of sp³-hybridized carbons (Fsp3) is 0.222. The number of aliphatic hydroxyl groups is 1. The lowest BCUT2D eigenvalue weighted by atomic mass is 10.0. The van der Waals surface area contributed by atoms with Crippen molar-refractivity contribution >= 4 is 5.97 Å². The van der Waals surface area contributed by atoms with Crippen LogP contribution < -0.4 is 0 Å². The molecule has 0 radical (unpaired) electrons. The molecule has 0 aliphatic heterocycles. The van der Waals surface area contributed by atoms with Crippen LogP contribution in [0.15, 0.2) is 24.3 Å². The first-order valence-electron chi connectivity index (χ1n) is 3.73. The maximum Gasteiger partial charge on any atom is 0.381 e. The van der Waals surface area contributed by atoms with Gasteiger partial charge in [0.1, 0.15) is 0 Å². The molecule has 0 aliphatic rings. The van der Waals surface area contributed by atoms with Gasteiger partial charge in [0.05, 0.1) is 0 Å². The minimum absolute atomic E-state index is 0.352. The highest BCUT2D eigenvalue weighted by molar-refractivity contribution is 5.76. The van der Waals surface area contributed by atoms with Crippen LogP contribution in [0, 0.1) is 6.92 Å². The zero-order valence-corrected chi connectivity index (χ0v) is 7.03. The topological polar surface area (TPSA) is 46.5 Å². The number of halogens is 1. The molecule has 1 aromatic carbocycles. The highest BCUT2D eigenvalue weighted by atomic mass is 19.3. The third-order valence-electron chi connectivity index (χ3n) is 1.78. The molecule has 1 unspecified atom stereocenters. The van der Waals surface area contributed by atoms with E-state index in [1.165, 1.54) is 6.07 Å². The van der Waals surface area contributed by atoms with Crippen LogP contribution in [0.1, 0.15) is 17.2 Å². The van der Waals surface area contributed by atoms with Gasteiger partial charge >= 0.3 is 5.97 Å². The molecule has 3 nitrogen and oxygen atoms in total. The molecular weight excluding hydrogens is 175 g/mol. The van der Waals surface area contributed by atoms with Crippen molar-refractivity contribution < 1.29 is 19.4 Å². The second-order valence-electron chi connectivity index (χ2n) is 2.66. The second-order valence-corrected chi connectivity index (χ2v) is 2.66. The quantitative estimate of drug-likeness (QED) is 0.756. The Morgan fingerprint density at radius 1 is 1.54 bits per heavy atom. The highest BCUT2D eigenvalue weighted by Gasteiger charge is 2.20. The number of carbonyl (C=O) groups excluding carboxylic acids is 1. The summed E-state index contributed by atoms with van der Waals surface area (Å²) in [6.45, 7) is 1.71. The van der Waals surface area contributed by atoms with Gasteiger partial charge in [0, 0.05) is 4.53 Å². The molecule has 0 spiro atoms. The van der Waals surface area contributed by atoms with Crippen molar-refractivity contribution in [3.8, 4) is 0 Å². The molecule has 0 aliphatic carbocycles.